The fourth-order valence-electron chi connectivity index (χ4n) is 2.77. The van der Waals surface area contributed by atoms with E-state index in [0.717, 1.165) is 31.1 Å². The predicted molar refractivity (Wildman–Crippen MR) is 69.2 cm³/mol. The van der Waals surface area contributed by atoms with E-state index in [-0.39, 0.29) is 5.41 Å². The molecule has 0 spiro atoms. The van der Waals surface area contributed by atoms with Crippen LogP contribution < -0.4 is 0 Å². The second-order valence-electron chi connectivity index (χ2n) is 5.27. The van der Waals surface area contributed by atoms with E-state index in [1.54, 1.807) is 0 Å². The molecule has 0 heterocycles. The van der Waals surface area contributed by atoms with Crippen LogP contribution in [0.25, 0.3) is 0 Å². The van der Waals surface area contributed by atoms with Gasteiger partial charge >= 0.3 is 0 Å². The SMILES string of the molecule is C=CC1(C)CCC(C(=C)C=O)CC1C(=C)C. The Hall–Kier alpha value is -1.11. The van der Waals surface area contributed by atoms with Gasteiger partial charge in [-0.25, -0.2) is 0 Å². The van der Waals surface area contributed by atoms with Crippen LogP contribution in [0.15, 0.2) is 37.0 Å². The molecule has 0 aromatic heterocycles. The molecule has 16 heavy (non-hydrogen) atoms. The van der Waals surface area contributed by atoms with Gasteiger partial charge in [0.1, 0.15) is 6.29 Å². The van der Waals surface area contributed by atoms with Crippen LogP contribution in [0.1, 0.15) is 33.1 Å². The lowest BCUT2D eigenvalue weighted by Gasteiger charge is -2.43. The van der Waals surface area contributed by atoms with Gasteiger partial charge in [-0.3, -0.25) is 4.79 Å². The largest absolute Gasteiger partial charge is 0.298 e. The number of carbonyl (C=O) groups excluding carboxylic acids is 1. The number of hydrogen-bond acceptors (Lipinski definition) is 1. The zero-order chi connectivity index (χ0) is 12.3. The number of hydrogen-bond donors (Lipinski definition) is 0. The monoisotopic (exact) mass is 218 g/mol. The number of carbonyl (C=O) groups is 1. The molecule has 0 saturated heterocycles. The molecule has 0 amide bonds. The molecule has 0 aromatic carbocycles. The van der Waals surface area contributed by atoms with Crippen LogP contribution in [0.5, 0.6) is 0 Å². The van der Waals surface area contributed by atoms with E-state index < -0.39 is 0 Å². The van der Waals surface area contributed by atoms with E-state index in [4.69, 9.17) is 0 Å². The fourth-order valence-corrected chi connectivity index (χ4v) is 2.77. The summed E-state index contributed by atoms with van der Waals surface area (Å²) < 4.78 is 0. The first kappa shape index (κ1) is 13.0. The smallest absolute Gasteiger partial charge is 0.145 e. The number of rotatable bonds is 4. The van der Waals surface area contributed by atoms with E-state index in [2.05, 4.69) is 33.6 Å². The molecule has 1 rings (SSSR count). The van der Waals surface area contributed by atoms with Crippen molar-refractivity contribution in [2.45, 2.75) is 33.1 Å². The normalized spacial score (nSPS) is 34.1. The van der Waals surface area contributed by atoms with Gasteiger partial charge < -0.3 is 0 Å². The van der Waals surface area contributed by atoms with Crippen LogP contribution in [-0.4, -0.2) is 6.29 Å². The second kappa shape index (κ2) is 4.82. The summed E-state index contributed by atoms with van der Waals surface area (Å²) in [7, 11) is 0. The van der Waals surface area contributed by atoms with Crippen molar-refractivity contribution in [3.8, 4) is 0 Å². The van der Waals surface area contributed by atoms with Gasteiger partial charge in [-0.15, -0.1) is 6.58 Å². The zero-order valence-electron chi connectivity index (χ0n) is 10.5. The van der Waals surface area contributed by atoms with E-state index >= 15 is 0 Å². The van der Waals surface area contributed by atoms with Gasteiger partial charge in [-0.2, -0.15) is 0 Å². The molecule has 1 heteroatoms. The minimum absolute atomic E-state index is 0.130. The van der Waals surface area contributed by atoms with Gasteiger partial charge in [-0.05, 0) is 49.0 Å². The summed E-state index contributed by atoms with van der Waals surface area (Å²) >= 11 is 0. The summed E-state index contributed by atoms with van der Waals surface area (Å²) in [5, 5.41) is 0. The highest BCUT2D eigenvalue weighted by Crippen LogP contribution is 2.48. The van der Waals surface area contributed by atoms with Crippen molar-refractivity contribution in [3.63, 3.8) is 0 Å². The van der Waals surface area contributed by atoms with Gasteiger partial charge in [0.2, 0.25) is 0 Å². The van der Waals surface area contributed by atoms with Crippen LogP contribution in [0.3, 0.4) is 0 Å². The molecule has 1 nitrogen and oxygen atoms in total. The maximum absolute atomic E-state index is 10.8. The summed E-state index contributed by atoms with van der Waals surface area (Å²) in [5.41, 5.74) is 2.05. The molecular weight excluding hydrogens is 196 g/mol. The Morgan fingerprint density at radius 3 is 2.50 bits per heavy atom. The second-order valence-corrected chi connectivity index (χ2v) is 5.27. The molecule has 0 aromatic rings. The lowest BCUT2D eigenvalue weighted by atomic mass is 9.61. The van der Waals surface area contributed by atoms with E-state index in [1.165, 1.54) is 5.57 Å². The van der Waals surface area contributed by atoms with Gasteiger partial charge in [0.05, 0.1) is 0 Å². The first-order valence-electron chi connectivity index (χ1n) is 5.87. The first-order chi connectivity index (χ1) is 7.44. The van der Waals surface area contributed by atoms with Crippen LogP contribution >= 0.6 is 0 Å². The standard InChI is InChI=1S/C15H22O/c1-6-15(5)8-7-13(12(4)10-16)9-14(15)11(2)3/h6,10,13-14H,1-2,4,7-9H2,3,5H3. The first-order valence-corrected chi connectivity index (χ1v) is 5.87. The molecule has 0 radical (unpaired) electrons. The average Bonchev–Trinajstić information content (AvgIpc) is 2.28. The highest BCUT2D eigenvalue weighted by molar-refractivity contribution is 5.72. The molecular formula is C15H22O. The highest BCUT2D eigenvalue weighted by Gasteiger charge is 2.38. The summed E-state index contributed by atoms with van der Waals surface area (Å²) in [4.78, 5) is 10.8. The lowest BCUT2D eigenvalue weighted by molar-refractivity contribution is -0.105. The third-order valence-electron chi connectivity index (χ3n) is 4.08. The molecule has 88 valence electrons. The Morgan fingerprint density at radius 2 is 2.06 bits per heavy atom. The highest BCUT2D eigenvalue weighted by atomic mass is 16.1. The third-order valence-corrected chi connectivity index (χ3v) is 4.08. The third kappa shape index (κ3) is 2.34. The number of allylic oxidation sites excluding steroid dienone is 3. The molecule has 0 aliphatic heterocycles. The van der Waals surface area contributed by atoms with Crippen LogP contribution in [0.2, 0.25) is 0 Å². The average molecular weight is 218 g/mol. The Morgan fingerprint density at radius 1 is 1.44 bits per heavy atom. The summed E-state index contributed by atoms with van der Waals surface area (Å²) in [5.74, 6) is 0.743. The van der Waals surface area contributed by atoms with Gasteiger partial charge in [0, 0.05) is 0 Å². The Bertz CT molecular complexity index is 326. The fraction of sp³-hybridized carbons (Fsp3) is 0.533. The van der Waals surface area contributed by atoms with E-state index in [1.807, 2.05) is 6.08 Å². The predicted octanol–water partition coefficient (Wildman–Crippen LogP) is 3.93. The maximum atomic E-state index is 10.8. The van der Waals surface area contributed by atoms with Crippen molar-refractivity contribution in [3.05, 3.63) is 37.0 Å². The molecule has 0 bridgehead atoms. The topological polar surface area (TPSA) is 17.1 Å². The number of aldehydes is 1. The van der Waals surface area contributed by atoms with E-state index in [9.17, 15) is 4.79 Å². The van der Waals surface area contributed by atoms with Gasteiger partial charge in [-0.1, -0.05) is 31.7 Å². The van der Waals surface area contributed by atoms with Crippen molar-refractivity contribution in [2.75, 3.05) is 0 Å². The minimum Gasteiger partial charge on any atom is -0.298 e. The maximum Gasteiger partial charge on any atom is 0.145 e. The Kier molecular flexibility index (Phi) is 3.90. The molecule has 0 N–H and O–H groups in total. The summed E-state index contributed by atoms with van der Waals surface area (Å²) in [6.45, 7) is 16.2. The molecule has 1 aliphatic carbocycles. The van der Waals surface area contributed by atoms with Gasteiger partial charge in [0.15, 0.2) is 0 Å². The van der Waals surface area contributed by atoms with Crippen molar-refractivity contribution in [2.24, 2.45) is 17.3 Å². The molecule has 3 unspecified atom stereocenters. The molecule has 1 aliphatic rings. The lowest BCUT2D eigenvalue weighted by Crippen LogP contribution is -2.34. The van der Waals surface area contributed by atoms with E-state index in [0.29, 0.717) is 11.8 Å². The minimum atomic E-state index is 0.130. The van der Waals surface area contributed by atoms with Gasteiger partial charge in [0.25, 0.3) is 0 Å². The zero-order valence-corrected chi connectivity index (χ0v) is 10.5. The van der Waals surface area contributed by atoms with Crippen LogP contribution in [-0.2, 0) is 4.79 Å². The van der Waals surface area contributed by atoms with Crippen LogP contribution in [0.4, 0.5) is 0 Å². The van der Waals surface area contributed by atoms with Crippen LogP contribution in [0, 0.1) is 17.3 Å². The molecule has 1 fully saturated rings. The van der Waals surface area contributed by atoms with Crippen molar-refractivity contribution < 1.29 is 4.79 Å². The Labute approximate surface area is 98.9 Å². The quantitative estimate of drug-likeness (QED) is 0.397. The molecule has 3 atom stereocenters. The Balaban J connectivity index is 2.89. The van der Waals surface area contributed by atoms with Crippen molar-refractivity contribution in [1.29, 1.82) is 0 Å². The molecule has 1 saturated carbocycles. The van der Waals surface area contributed by atoms with Crippen molar-refractivity contribution in [1.82, 2.24) is 0 Å². The summed E-state index contributed by atoms with van der Waals surface area (Å²) in [6, 6.07) is 0. The van der Waals surface area contributed by atoms with Crippen molar-refractivity contribution >= 4 is 6.29 Å². The summed E-state index contributed by atoms with van der Waals surface area (Å²) in [6.07, 6.45) is 6.02.